The fourth-order valence-electron chi connectivity index (χ4n) is 9.36. The summed E-state index contributed by atoms with van der Waals surface area (Å²) in [6, 6.07) is 80.6. The zero-order valence-corrected chi connectivity index (χ0v) is 38.3. The molecule has 0 amide bonds. The standard InChI is InChI=1S/C64H49N3O/c1-64(2,3)53-34-35-59(57(42-53)48-24-14-7-15-25-48)67-60-29-17-26-54(61(60)66-63(67)56-28-16-27-55(62(56)68)47-22-12-6-13-23-47)51-38-50(44-20-10-5-11-21-44)39-52(40-51)58-41-49(36-37-65-58)46-32-30-45(31-33-46)43-18-8-4-9-19-43/h4-42,68H,1-3H3. The summed E-state index contributed by atoms with van der Waals surface area (Å²) in [6.45, 7) is 6.75. The van der Waals surface area contributed by atoms with Crippen LogP contribution in [0.3, 0.4) is 0 Å². The van der Waals surface area contributed by atoms with Crippen LogP contribution in [0.5, 0.6) is 5.75 Å². The van der Waals surface area contributed by atoms with Crippen molar-refractivity contribution in [1.82, 2.24) is 14.5 Å². The third kappa shape index (κ3) is 8.07. The summed E-state index contributed by atoms with van der Waals surface area (Å²) in [5, 5.41) is 12.4. The number of hydrogen-bond acceptors (Lipinski definition) is 3. The van der Waals surface area contributed by atoms with Gasteiger partial charge in [-0.2, -0.15) is 0 Å². The lowest BCUT2D eigenvalue weighted by Crippen LogP contribution is -2.12. The maximum absolute atomic E-state index is 12.4. The fourth-order valence-corrected chi connectivity index (χ4v) is 9.36. The van der Waals surface area contributed by atoms with E-state index in [0.29, 0.717) is 11.4 Å². The molecule has 0 aliphatic rings. The number of phenolic OH excluding ortho intramolecular Hbond substituents is 1. The largest absolute Gasteiger partial charge is 0.507 e. The number of aromatic nitrogens is 3. The molecule has 9 aromatic carbocycles. The van der Waals surface area contributed by atoms with E-state index in [1.54, 1.807) is 0 Å². The van der Waals surface area contributed by atoms with Crippen LogP contribution in [-0.2, 0) is 5.41 Å². The Morgan fingerprint density at radius 3 is 1.54 bits per heavy atom. The summed E-state index contributed by atoms with van der Waals surface area (Å²) >= 11 is 0. The van der Waals surface area contributed by atoms with Crippen molar-refractivity contribution >= 4 is 11.0 Å². The molecule has 11 aromatic rings. The summed E-state index contributed by atoms with van der Waals surface area (Å²) in [7, 11) is 0. The summed E-state index contributed by atoms with van der Waals surface area (Å²) < 4.78 is 2.24. The van der Waals surface area contributed by atoms with Gasteiger partial charge in [-0.1, -0.05) is 197 Å². The number of phenols is 1. The highest BCUT2D eigenvalue weighted by Crippen LogP contribution is 2.44. The second-order valence-corrected chi connectivity index (χ2v) is 18.4. The molecule has 1 N–H and O–H groups in total. The zero-order valence-electron chi connectivity index (χ0n) is 38.3. The summed E-state index contributed by atoms with van der Waals surface area (Å²) in [5.41, 5.74) is 19.0. The quantitative estimate of drug-likeness (QED) is 0.157. The predicted octanol–water partition coefficient (Wildman–Crippen LogP) is 16.8. The van der Waals surface area contributed by atoms with Crippen LogP contribution in [0, 0.1) is 0 Å². The van der Waals surface area contributed by atoms with Crippen LogP contribution in [0.4, 0.5) is 0 Å². The molecule has 4 heteroatoms. The molecule has 0 bridgehead atoms. The zero-order chi connectivity index (χ0) is 46.2. The molecule has 2 aromatic heterocycles. The van der Waals surface area contributed by atoms with E-state index in [0.717, 1.165) is 83.6 Å². The molecule has 0 atom stereocenters. The molecular weight excluding hydrogens is 827 g/mol. The van der Waals surface area contributed by atoms with Crippen molar-refractivity contribution in [3.8, 4) is 101 Å². The molecule has 11 rings (SSSR count). The van der Waals surface area contributed by atoms with Crippen LogP contribution in [0.1, 0.15) is 26.3 Å². The Bertz CT molecular complexity index is 3570. The first kappa shape index (κ1) is 42.1. The molecule has 0 saturated heterocycles. The van der Waals surface area contributed by atoms with Gasteiger partial charge in [0.1, 0.15) is 11.6 Å². The molecule has 0 fully saturated rings. The molecule has 0 radical (unpaired) electrons. The van der Waals surface area contributed by atoms with Gasteiger partial charge in [0.2, 0.25) is 0 Å². The molecule has 2 heterocycles. The lowest BCUT2D eigenvalue weighted by atomic mass is 9.85. The first-order chi connectivity index (χ1) is 33.3. The number of aromatic hydroxyl groups is 1. The number of benzene rings is 9. The molecular formula is C64H49N3O. The average Bonchev–Trinajstić information content (AvgIpc) is 3.79. The highest BCUT2D eigenvalue weighted by atomic mass is 16.3. The molecule has 4 nitrogen and oxygen atoms in total. The highest BCUT2D eigenvalue weighted by Gasteiger charge is 2.25. The molecule has 68 heavy (non-hydrogen) atoms. The van der Waals surface area contributed by atoms with Gasteiger partial charge in [-0.25, -0.2) is 4.98 Å². The van der Waals surface area contributed by atoms with Gasteiger partial charge in [0.25, 0.3) is 0 Å². The maximum atomic E-state index is 12.4. The number of pyridine rings is 1. The van der Waals surface area contributed by atoms with Crippen LogP contribution >= 0.6 is 0 Å². The van der Waals surface area contributed by atoms with Crippen molar-refractivity contribution in [2.45, 2.75) is 26.2 Å². The van der Waals surface area contributed by atoms with Gasteiger partial charge >= 0.3 is 0 Å². The number of hydrogen-bond donors (Lipinski definition) is 1. The van der Waals surface area contributed by atoms with Gasteiger partial charge < -0.3 is 5.11 Å². The second-order valence-electron chi connectivity index (χ2n) is 18.4. The third-order valence-electron chi connectivity index (χ3n) is 13.0. The molecule has 0 saturated carbocycles. The van der Waals surface area contributed by atoms with Crippen LogP contribution in [0.15, 0.2) is 237 Å². The number of nitrogens with zero attached hydrogens (tertiary/aromatic N) is 3. The van der Waals surface area contributed by atoms with E-state index < -0.39 is 0 Å². The Labute approximate surface area is 398 Å². The minimum atomic E-state index is -0.0831. The van der Waals surface area contributed by atoms with Gasteiger partial charge in [0.05, 0.1) is 28.0 Å². The fraction of sp³-hybridized carbons (Fsp3) is 0.0625. The van der Waals surface area contributed by atoms with Crippen LogP contribution in [-0.4, -0.2) is 19.6 Å². The van der Waals surface area contributed by atoms with E-state index in [-0.39, 0.29) is 11.2 Å². The topological polar surface area (TPSA) is 50.9 Å². The summed E-state index contributed by atoms with van der Waals surface area (Å²) in [5.74, 6) is 0.828. The first-order valence-corrected chi connectivity index (χ1v) is 23.2. The Hall–Kier alpha value is -8.60. The SMILES string of the molecule is CC(C)(C)c1ccc(-n2c(-c3cccc(-c4ccccc4)c3O)nc3c(-c4cc(-c5ccccc5)cc(-c5cc(-c6ccc(-c7ccccc7)cc6)ccn5)c4)cccc32)c(-c2ccccc2)c1. The Kier molecular flexibility index (Phi) is 10.9. The Morgan fingerprint density at radius 2 is 0.897 bits per heavy atom. The summed E-state index contributed by atoms with van der Waals surface area (Å²) in [4.78, 5) is 10.6. The van der Waals surface area contributed by atoms with E-state index in [4.69, 9.17) is 9.97 Å². The Balaban J connectivity index is 1.13. The molecule has 0 aliphatic carbocycles. The lowest BCUT2D eigenvalue weighted by molar-refractivity contribution is 0.479. The molecule has 0 unspecified atom stereocenters. The van der Waals surface area contributed by atoms with Gasteiger partial charge in [-0.05, 0) is 116 Å². The number of fused-ring (bicyclic) bond motifs is 1. The van der Waals surface area contributed by atoms with Crippen molar-refractivity contribution in [2.24, 2.45) is 0 Å². The normalized spacial score (nSPS) is 11.5. The number of imidazole rings is 1. The average molecular weight is 876 g/mol. The first-order valence-electron chi connectivity index (χ1n) is 23.2. The predicted molar refractivity (Wildman–Crippen MR) is 283 cm³/mol. The Morgan fingerprint density at radius 1 is 0.382 bits per heavy atom. The van der Waals surface area contributed by atoms with Crippen LogP contribution in [0.2, 0.25) is 0 Å². The summed E-state index contributed by atoms with van der Waals surface area (Å²) in [6.07, 6.45) is 1.91. The van der Waals surface area contributed by atoms with Gasteiger partial charge in [0.15, 0.2) is 0 Å². The minimum Gasteiger partial charge on any atom is -0.507 e. The van der Waals surface area contributed by atoms with E-state index in [9.17, 15) is 5.11 Å². The number of para-hydroxylation sites is 2. The molecule has 0 spiro atoms. The second kappa shape index (κ2) is 17.7. The van der Waals surface area contributed by atoms with E-state index in [1.807, 2.05) is 60.8 Å². The van der Waals surface area contributed by atoms with E-state index in [2.05, 4.69) is 201 Å². The monoisotopic (exact) mass is 875 g/mol. The molecule has 0 aliphatic heterocycles. The van der Waals surface area contributed by atoms with Gasteiger partial charge in [-0.3, -0.25) is 9.55 Å². The van der Waals surface area contributed by atoms with Gasteiger partial charge in [-0.15, -0.1) is 0 Å². The lowest BCUT2D eigenvalue weighted by Gasteiger charge is -2.23. The highest BCUT2D eigenvalue weighted by molar-refractivity contribution is 5.99. The third-order valence-corrected chi connectivity index (χ3v) is 13.0. The van der Waals surface area contributed by atoms with E-state index >= 15 is 0 Å². The minimum absolute atomic E-state index is 0.0831. The van der Waals surface area contributed by atoms with Gasteiger partial charge in [0, 0.05) is 28.5 Å². The number of rotatable bonds is 9. The van der Waals surface area contributed by atoms with Crippen molar-refractivity contribution in [2.75, 3.05) is 0 Å². The van der Waals surface area contributed by atoms with Crippen LogP contribution in [0.25, 0.3) is 106 Å². The van der Waals surface area contributed by atoms with Crippen molar-refractivity contribution in [3.05, 3.63) is 242 Å². The van der Waals surface area contributed by atoms with Crippen molar-refractivity contribution < 1.29 is 5.11 Å². The van der Waals surface area contributed by atoms with E-state index in [1.165, 1.54) is 16.7 Å². The smallest absolute Gasteiger partial charge is 0.149 e. The van der Waals surface area contributed by atoms with Crippen molar-refractivity contribution in [3.63, 3.8) is 0 Å². The maximum Gasteiger partial charge on any atom is 0.149 e. The molecule has 326 valence electrons. The van der Waals surface area contributed by atoms with Crippen LogP contribution < -0.4 is 0 Å². The van der Waals surface area contributed by atoms with Crippen molar-refractivity contribution in [1.29, 1.82) is 0 Å².